The SMILES string of the molecule is CCC1C2C(C)=C(C)C(C)=C(C)C2[C@H](C)C1C. The average Bonchev–Trinajstić information content (AvgIpc) is 2.57. The molecular weight excluding hydrogens is 204 g/mol. The summed E-state index contributed by atoms with van der Waals surface area (Å²) in [5, 5.41) is 0. The molecule has 2 aliphatic rings. The molecule has 96 valence electrons. The van der Waals surface area contributed by atoms with Gasteiger partial charge < -0.3 is 0 Å². The van der Waals surface area contributed by atoms with E-state index in [2.05, 4.69) is 48.5 Å². The Morgan fingerprint density at radius 3 is 1.71 bits per heavy atom. The minimum Gasteiger partial charge on any atom is -0.0661 e. The Morgan fingerprint density at radius 1 is 0.765 bits per heavy atom. The number of fused-ring (bicyclic) bond motifs is 1. The summed E-state index contributed by atoms with van der Waals surface area (Å²) in [6.45, 7) is 16.7. The molecule has 2 aliphatic carbocycles. The molecule has 0 N–H and O–H groups in total. The molecule has 5 atom stereocenters. The van der Waals surface area contributed by atoms with Crippen molar-refractivity contribution in [2.75, 3.05) is 0 Å². The molecule has 0 saturated heterocycles. The largest absolute Gasteiger partial charge is 0.0661 e. The number of hydrogen-bond acceptors (Lipinski definition) is 0. The van der Waals surface area contributed by atoms with E-state index in [0.29, 0.717) is 0 Å². The second-order valence-electron chi connectivity index (χ2n) is 6.46. The molecular formula is C17H28. The highest BCUT2D eigenvalue weighted by Gasteiger charge is 2.48. The first-order valence-electron chi connectivity index (χ1n) is 7.26. The molecule has 0 aromatic heterocycles. The Bertz CT molecular complexity index is 383. The molecule has 0 heteroatoms. The lowest BCUT2D eigenvalue weighted by Crippen LogP contribution is -2.24. The first-order valence-corrected chi connectivity index (χ1v) is 7.26. The summed E-state index contributed by atoms with van der Waals surface area (Å²) in [7, 11) is 0. The van der Waals surface area contributed by atoms with E-state index in [4.69, 9.17) is 0 Å². The van der Waals surface area contributed by atoms with Gasteiger partial charge in [-0.05, 0) is 68.4 Å². The highest BCUT2D eigenvalue weighted by atomic mass is 14.5. The van der Waals surface area contributed by atoms with Gasteiger partial charge in [-0.2, -0.15) is 0 Å². The van der Waals surface area contributed by atoms with Gasteiger partial charge in [0.2, 0.25) is 0 Å². The number of hydrogen-bond donors (Lipinski definition) is 0. The second kappa shape index (κ2) is 4.30. The summed E-state index contributed by atoms with van der Waals surface area (Å²) < 4.78 is 0. The average molecular weight is 232 g/mol. The number of rotatable bonds is 1. The van der Waals surface area contributed by atoms with E-state index >= 15 is 0 Å². The van der Waals surface area contributed by atoms with E-state index < -0.39 is 0 Å². The van der Waals surface area contributed by atoms with E-state index in [1.54, 1.807) is 22.3 Å². The standard InChI is InChI=1S/C17H28/c1-8-15-11(4)14(7)16-12(5)9(2)10(3)13(6)17(15)16/h11,14-17H,8H2,1-7H3/t11?,14-,15?,16?,17?/m1/s1. The van der Waals surface area contributed by atoms with Crippen LogP contribution < -0.4 is 0 Å². The fourth-order valence-electron chi connectivity index (χ4n) is 4.61. The summed E-state index contributed by atoms with van der Waals surface area (Å²) in [4.78, 5) is 0. The van der Waals surface area contributed by atoms with Crippen LogP contribution in [0.3, 0.4) is 0 Å². The first-order chi connectivity index (χ1) is 7.91. The Kier molecular flexibility index (Phi) is 3.27. The zero-order valence-corrected chi connectivity index (χ0v) is 12.6. The predicted molar refractivity (Wildman–Crippen MR) is 75.8 cm³/mol. The Labute approximate surface area is 107 Å². The maximum atomic E-state index is 2.47. The lowest BCUT2D eigenvalue weighted by Gasteiger charge is -2.35. The van der Waals surface area contributed by atoms with Gasteiger partial charge in [0, 0.05) is 0 Å². The van der Waals surface area contributed by atoms with Crippen molar-refractivity contribution in [1.82, 2.24) is 0 Å². The zero-order valence-electron chi connectivity index (χ0n) is 12.6. The molecule has 2 rings (SSSR count). The summed E-state index contributed by atoms with van der Waals surface area (Å²) >= 11 is 0. The third kappa shape index (κ3) is 1.63. The molecule has 0 nitrogen and oxygen atoms in total. The topological polar surface area (TPSA) is 0 Å². The monoisotopic (exact) mass is 232 g/mol. The van der Waals surface area contributed by atoms with Crippen molar-refractivity contribution in [3.05, 3.63) is 22.3 Å². The van der Waals surface area contributed by atoms with Crippen molar-refractivity contribution in [2.24, 2.45) is 29.6 Å². The molecule has 0 heterocycles. The van der Waals surface area contributed by atoms with Gasteiger partial charge >= 0.3 is 0 Å². The molecule has 0 bridgehead atoms. The summed E-state index contributed by atoms with van der Waals surface area (Å²) in [5.74, 6) is 4.27. The van der Waals surface area contributed by atoms with Crippen LogP contribution in [0.5, 0.6) is 0 Å². The smallest absolute Gasteiger partial charge is 0.0101 e. The van der Waals surface area contributed by atoms with Crippen molar-refractivity contribution in [3.8, 4) is 0 Å². The van der Waals surface area contributed by atoms with Crippen molar-refractivity contribution < 1.29 is 0 Å². The van der Waals surface area contributed by atoms with Crippen LogP contribution in [0.15, 0.2) is 22.3 Å². The molecule has 17 heavy (non-hydrogen) atoms. The highest BCUT2D eigenvalue weighted by Crippen LogP contribution is 2.56. The van der Waals surface area contributed by atoms with Crippen molar-refractivity contribution in [3.63, 3.8) is 0 Å². The lowest BCUT2D eigenvalue weighted by molar-refractivity contribution is 0.320. The Hall–Kier alpha value is -0.520. The lowest BCUT2D eigenvalue weighted by atomic mass is 9.70. The summed E-state index contributed by atoms with van der Waals surface area (Å²) in [6.07, 6.45) is 1.34. The van der Waals surface area contributed by atoms with Crippen LogP contribution in [-0.4, -0.2) is 0 Å². The normalized spacial score (nSPS) is 42.2. The minimum atomic E-state index is 0.818. The summed E-state index contributed by atoms with van der Waals surface area (Å²) in [6, 6.07) is 0. The van der Waals surface area contributed by atoms with Gasteiger partial charge in [-0.1, -0.05) is 38.3 Å². The van der Waals surface area contributed by atoms with Gasteiger partial charge in [-0.3, -0.25) is 0 Å². The third-order valence-corrected chi connectivity index (χ3v) is 6.14. The van der Waals surface area contributed by atoms with E-state index in [0.717, 1.165) is 29.6 Å². The van der Waals surface area contributed by atoms with Gasteiger partial charge in [0.1, 0.15) is 0 Å². The molecule has 0 aromatic carbocycles. The van der Waals surface area contributed by atoms with Crippen LogP contribution in [0, 0.1) is 29.6 Å². The highest BCUT2D eigenvalue weighted by molar-refractivity contribution is 5.43. The van der Waals surface area contributed by atoms with Crippen LogP contribution >= 0.6 is 0 Å². The van der Waals surface area contributed by atoms with Gasteiger partial charge in [0.05, 0.1) is 0 Å². The molecule has 0 spiro atoms. The molecule has 4 unspecified atom stereocenters. The quantitative estimate of drug-likeness (QED) is 0.581. The van der Waals surface area contributed by atoms with Gasteiger partial charge in [-0.15, -0.1) is 0 Å². The van der Waals surface area contributed by atoms with Crippen LogP contribution in [0.2, 0.25) is 0 Å². The van der Waals surface area contributed by atoms with E-state index in [9.17, 15) is 0 Å². The van der Waals surface area contributed by atoms with Crippen LogP contribution in [0.4, 0.5) is 0 Å². The Balaban J connectivity index is 2.52. The fourth-order valence-corrected chi connectivity index (χ4v) is 4.61. The van der Waals surface area contributed by atoms with Crippen molar-refractivity contribution in [1.29, 1.82) is 0 Å². The Morgan fingerprint density at radius 2 is 1.24 bits per heavy atom. The van der Waals surface area contributed by atoms with Gasteiger partial charge in [0.25, 0.3) is 0 Å². The first kappa shape index (κ1) is 12.9. The van der Waals surface area contributed by atoms with Gasteiger partial charge in [0.15, 0.2) is 0 Å². The second-order valence-corrected chi connectivity index (χ2v) is 6.46. The van der Waals surface area contributed by atoms with Crippen molar-refractivity contribution in [2.45, 2.75) is 54.9 Å². The molecule has 0 amide bonds. The van der Waals surface area contributed by atoms with E-state index in [1.165, 1.54) is 6.42 Å². The molecule has 0 radical (unpaired) electrons. The van der Waals surface area contributed by atoms with Crippen LogP contribution in [-0.2, 0) is 0 Å². The zero-order chi connectivity index (χ0) is 12.9. The maximum Gasteiger partial charge on any atom is -0.0101 e. The fraction of sp³-hybridized carbons (Fsp3) is 0.765. The van der Waals surface area contributed by atoms with Crippen molar-refractivity contribution >= 4 is 0 Å². The maximum absolute atomic E-state index is 2.47. The molecule has 0 aromatic rings. The number of allylic oxidation sites excluding steroid dienone is 4. The summed E-state index contributed by atoms with van der Waals surface area (Å²) in [5.41, 5.74) is 6.50. The van der Waals surface area contributed by atoms with Crippen LogP contribution in [0.25, 0.3) is 0 Å². The molecule has 1 fully saturated rings. The van der Waals surface area contributed by atoms with E-state index in [1.807, 2.05) is 0 Å². The predicted octanol–water partition coefficient (Wildman–Crippen LogP) is 5.22. The van der Waals surface area contributed by atoms with Gasteiger partial charge in [-0.25, -0.2) is 0 Å². The minimum absolute atomic E-state index is 0.818. The third-order valence-electron chi connectivity index (χ3n) is 6.14. The molecule has 1 saturated carbocycles. The van der Waals surface area contributed by atoms with E-state index in [-0.39, 0.29) is 0 Å². The van der Waals surface area contributed by atoms with Crippen LogP contribution in [0.1, 0.15) is 54.9 Å². The molecule has 0 aliphatic heterocycles.